The Morgan fingerprint density at radius 1 is 1.04 bits per heavy atom. The molecule has 6 nitrogen and oxygen atoms in total. The van der Waals surface area contributed by atoms with Crippen LogP contribution >= 0.6 is 11.8 Å². The third-order valence-electron chi connectivity index (χ3n) is 7.10. The molecular weight excluding hydrogens is 653 g/mol. The van der Waals surface area contributed by atoms with Crippen LogP contribution in [0.2, 0.25) is 0 Å². The highest BCUT2D eigenvalue weighted by molar-refractivity contribution is 7.98. The minimum Gasteiger partial charge on any atom is -0.336 e. The number of carbonyl (C=O) groups is 1. The molecule has 5 rings (SSSR count). The summed E-state index contributed by atoms with van der Waals surface area (Å²) in [6, 6.07) is -11.5. The monoisotopic (exact) mass is 714 g/mol. The first-order chi connectivity index (χ1) is 31.2. The number of aromatic nitrogens is 2. The second kappa shape index (κ2) is 15.7. The lowest BCUT2D eigenvalue weighted by molar-refractivity contribution is -0.138. The maximum atomic E-state index is 14.9. The molecule has 1 aliphatic carbocycles. The minimum atomic E-state index is -5.19. The van der Waals surface area contributed by atoms with Gasteiger partial charge in [-0.2, -0.15) is 18.2 Å². The first-order valence-corrected chi connectivity index (χ1v) is 15.5. The van der Waals surface area contributed by atoms with Gasteiger partial charge in [0, 0.05) is 49.0 Å². The number of thioether (sulfide) groups is 1. The lowest BCUT2D eigenvalue weighted by Gasteiger charge is -2.28. The Hall–Kier alpha value is -3.96. The van der Waals surface area contributed by atoms with Gasteiger partial charge in [0.2, 0.25) is 5.91 Å². The molecule has 260 valence electrons. The second-order valence-corrected chi connectivity index (χ2v) is 11.4. The number of benzene rings is 3. The number of fused-ring (bicyclic) bond motifs is 1. The van der Waals surface area contributed by atoms with Crippen molar-refractivity contribution in [3.63, 3.8) is 0 Å². The summed E-state index contributed by atoms with van der Waals surface area (Å²) in [7, 11) is 0. The van der Waals surface area contributed by atoms with Crippen molar-refractivity contribution in [1.29, 1.82) is 0 Å². The van der Waals surface area contributed by atoms with Gasteiger partial charge < -0.3 is 14.4 Å². The standard InChI is InChI=1S/C38H42F4N4O2S/c1-5-44(6-2)17-18-45(22-27-7-11-29(12-8-27)30-13-16-33(26(4)21-30)38(40,41)42)35(47)23-46-34-20-25(3)19-32(34)36(48)43-37(46)49-24-28-9-14-31(39)15-10-28/h7-16,21,25H,5-6,17-20,22-24H2,1-4H3/i5D2,6D2,7D,8D,9D,10D,11D,12D,13D,14D,15D,16D,19D2,20D2,21D,25D. The van der Waals surface area contributed by atoms with Crippen molar-refractivity contribution < 1.29 is 49.8 Å². The lowest BCUT2D eigenvalue weighted by atomic mass is 9.98. The molecule has 1 unspecified atom stereocenters. The van der Waals surface area contributed by atoms with Gasteiger partial charge in [-0.15, -0.1) is 0 Å². The molecule has 49 heavy (non-hydrogen) atoms. The molecular formula is C38H42F4N4O2S. The van der Waals surface area contributed by atoms with Crippen molar-refractivity contribution in [2.24, 2.45) is 5.89 Å². The Morgan fingerprint density at radius 3 is 2.35 bits per heavy atom. The zero-order valence-corrected chi connectivity index (χ0v) is 27.4. The number of carbonyl (C=O) groups excluding carboxylic acids is 1. The third kappa shape index (κ3) is 8.99. The van der Waals surface area contributed by atoms with Crippen molar-refractivity contribution >= 4 is 17.7 Å². The minimum absolute atomic E-state index is 0.409. The molecule has 1 aliphatic rings. The SMILES string of the molecule is [2H]c1c([2H])c(CSc2nc(=O)c3c(n2CC(=O)N(CCN(C([2H])([2H])C)C([2H])([2H])C)Cc2c([2H])c([2H])c(-c4c([2H])c([2H])c(C(F)(F)F)c(C)c4[2H])c([2H])c2[2H])C([2H])([2H])C([2H])(C)C3([2H])[2H])c([2H])c([2H])c1F. The van der Waals surface area contributed by atoms with Crippen LogP contribution in [0, 0.1) is 18.6 Å². The molecule has 0 aliphatic heterocycles. The number of alkyl halides is 3. The van der Waals surface area contributed by atoms with Crippen molar-refractivity contribution in [2.45, 2.75) is 70.6 Å². The summed E-state index contributed by atoms with van der Waals surface area (Å²) >= 11 is 0.409. The summed E-state index contributed by atoms with van der Waals surface area (Å²) in [5.41, 5.74) is -8.53. The van der Waals surface area contributed by atoms with E-state index >= 15 is 0 Å². The Balaban J connectivity index is 1.74. The van der Waals surface area contributed by atoms with Gasteiger partial charge in [0.1, 0.15) is 12.4 Å². The van der Waals surface area contributed by atoms with Gasteiger partial charge in [0.05, 0.1) is 20.6 Å². The average Bonchev–Trinajstić information content (AvgIpc) is 3.32. The predicted molar refractivity (Wildman–Crippen MR) is 186 cm³/mol. The van der Waals surface area contributed by atoms with Gasteiger partial charge in [-0.25, -0.2) is 4.39 Å². The molecule has 3 aromatic carbocycles. The molecule has 0 saturated carbocycles. The van der Waals surface area contributed by atoms with Crippen LogP contribution in [-0.4, -0.2) is 51.3 Å². The molecule has 11 heteroatoms. The predicted octanol–water partition coefficient (Wildman–Crippen LogP) is 7.77. The topological polar surface area (TPSA) is 58.4 Å². The summed E-state index contributed by atoms with van der Waals surface area (Å²) in [6.07, 6.45) is -11.4. The largest absolute Gasteiger partial charge is 0.416 e. The zero-order chi connectivity index (χ0) is 53.0. The smallest absolute Gasteiger partial charge is 0.336 e. The first kappa shape index (κ1) is 18.3. The number of likely N-dealkylation sites (N-methyl/N-ethyl adjacent to an activating group) is 1. The molecule has 0 radical (unpaired) electrons. The van der Waals surface area contributed by atoms with E-state index in [1.54, 1.807) is 0 Å². The van der Waals surface area contributed by atoms with E-state index in [1.807, 2.05) is 0 Å². The number of rotatable bonds is 13. The van der Waals surface area contributed by atoms with E-state index in [0.717, 1.165) is 32.6 Å². The van der Waals surface area contributed by atoms with Gasteiger partial charge >= 0.3 is 6.18 Å². The molecule has 1 amide bonds. The number of nitrogens with zero attached hydrogens (tertiary/aromatic N) is 4. The highest BCUT2D eigenvalue weighted by Crippen LogP contribution is 2.34. The van der Waals surface area contributed by atoms with Crippen molar-refractivity contribution in [3.8, 4) is 11.1 Å². The molecule has 1 aromatic heterocycles. The number of halogens is 4. The van der Waals surface area contributed by atoms with Crippen LogP contribution in [0.5, 0.6) is 0 Å². The van der Waals surface area contributed by atoms with Gasteiger partial charge in [-0.3, -0.25) is 9.59 Å². The highest BCUT2D eigenvalue weighted by Gasteiger charge is 2.32. The summed E-state index contributed by atoms with van der Waals surface area (Å²) in [6.45, 7) is -4.87. The fraction of sp³-hybridized carbons (Fsp3) is 0.395. The normalized spacial score (nSPS) is 24.3. The highest BCUT2D eigenvalue weighted by atomic mass is 32.2. The number of amides is 1. The molecule has 1 atom stereocenters. The van der Waals surface area contributed by atoms with Gasteiger partial charge in [0.25, 0.3) is 5.56 Å². The van der Waals surface area contributed by atoms with E-state index in [4.69, 9.17) is 27.4 Å². The van der Waals surface area contributed by atoms with E-state index in [0.29, 0.717) is 21.2 Å². The number of hydrogen-bond donors (Lipinski definition) is 0. The number of hydrogen-bond acceptors (Lipinski definition) is 5. The summed E-state index contributed by atoms with van der Waals surface area (Å²) in [5, 5.41) is -0.631. The van der Waals surface area contributed by atoms with Crippen LogP contribution in [0.1, 0.15) is 81.7 Å². The van der Waals surface area contributed by atoms with Crippen LogP contribution < -0.4 is 5.56 Å². The van der Waals surface area contributed by atoms with E-state index in [-0.39, 0.29) is 0 Å². The van der Waals surface area contributed by atoms with Crippen LogP contribution in [0.3, 0.4) is 0 Å². The van der Waals surface area contributed by atoms with Crippen LogP contribution in [0.15, 0.2) is 76.4 Å². The van der Waals surface area contributed by atoms with Crippen LogP contribution in [0.25, 0.3) is 11.1 Å². The molecule has 0 saturated heterocycles. The second-order valence-electron chi connectivity index (χ2n) is 10.5. The van der Waals surface area contributed by atoms with Crippen molar-refractivity contribution in [3.05, 3.63) is 116 Å². The van der Waals surface area contributed by atoms with E-state index < -0.39 is 203 Å². The summed E-state index contributed by atoms with van der Waals surface area (Å²) in [5.74, 6) is -6.17. The maximum Gasteiger partial charge on any atom is 0.416 e. The molecule has 0 N–H and O–H groups in total. The Bertz CT molecular complexity index is 2750. The summed E-state index contributed by atoms with van der Waals surface area (Å²) in [4.78, 5) is 33.8. The zero-order valence-electron chi connectivity index (χ0n) is 46.6. The van der Waals surface area contributed by atoms with E-state index in [2.05, 4.69) is 4.98 Å². The van der Waals surface area contributed by atoms with Crippen LogP contribution in [0.4, 0.5) is 17.6 Å². The van der Waals surface area contributed by atoms with Gasteiger partial charge in [0.15, 0.2) is 5.16 Å². The molecule has 0 spiro atoms. The molecule has 4 aromatic rings. The van der Waals surface area contributed by atoms with E-state index in [1.165, 1.54) is 0 Å². The fourth-order valence-corrected chi connectivity index (χ4v) is 5.56. The van der Waals surface area contributed by atoms with Crippen molar-refractivity contribution in [2.75, 3.05) is 26.1 Å². The van der Waals surface area contributed by atoms with E-state index in [9.17, 15) is 27.2 Å². The Morgan fingerprint density at radius 2 is 1.69 bits per heavy atom. The average molecular weight is 715 g/mol. The molecule has 0 bridgehead atoms. The van der Waals surface area contributed by atoms with Gasteiger partial charge in [-0.05, 0) is 84.5 Å². The fourth-order valence-electron chi connectivity index (χ4n) is 4.69. The Kier molecular flexibility index (Phi) is 5.88. The first-order valence-electron chi connectivity index (χ1n) is 24.5. The van der Waals surface area contributed by atoms with Crippen molar-refractivity contribution in [1.82, 2.24) is 19.4 Å². The summed E-state index contributed by atoms with van der Waals surface area (Å²) < 4.78 is 227. The Labute approximate surface area is 317 Å². The van der Waals surface area contributed by atoms with Crippen LogP contribution in [-0.2, 0) is 42.6 Å². The third-order valence-corrected chi connectivity index (χ3v) is 8.10. The lowest BCUT2D eigenvalue weighted by Crippen LogP contribution is -2.40. The molecule has 0 fully saturated rings. The molecule has 1 heterocycles. The quantitative estimate of drug-likeness (QED) is 0.0805. The maximum absolute atomic E-state index is 14.9. The van der Waals surface area contributed by atoms with Gasteiger partial charge in [-0.1, -0.05) is 80.9 Å².